The van der Waals surface area contributed by atoms with Crippen molar-refractivity contribution in [2.24, 2.45) is 0 Å². The van der Waals surface area contributed by atoms with Crippen LogP contribution in [0.25, 0.3) is 0 Å². The van der Waals surface area contributed by atoms with Crippen LogP contribution in [0.15, 0.2) is 36.7 Å². The van der Waals surface area contributed by atoms with Crippen LogP contribution in [-0.4, -0.2) is 22.2 Å². The van der Waals surface area contributed by atoms with Crippen LogP contribution in [-0.2, 0) is 6.54 Å². The molecule has 0 atom stereocenters. The summed E-state index contributed by atoms with van der Waals surface area (Å²) in [5, 5.41) is 3.19. The molecule has 0 bridgehead atoms. The van der Waals surface area contributed by atoms with Crippen molar-refractivity contribution in [1.82, 2.24) is 9.97 Å². The predicted molar refractivity (Wildman–Crippen MR) is 87.3 cm³/mol. The molecule has 0 aliphatic rings. The van der Waals surface area contributed by atoms with E-state index in [0.29, 0.717) is 12.5 Å². The Hall–Kier alpha value is -2.30. The summed E-state index contributed by atoms with van der Waals surface area (Å²) in [6.45, 7) is 8.63. The monoisotopic (exact) mass is 301 g/mol. The Kier molecular flexibility index (Phi) is 5.58. The second-order valence-electron chi connectivity index (χ2n) is 5.57. The molecule has 1 N–H and O–H groups in total. The highest BCUT2D eigenvalue weighted by molar-refractivity contribution is 5.40. The number of hydrogen-bond acceptors (Lipinski definition) is 5. The van der Waals surface area contributed by atoms with E-state index < -0.39 is 0 Å². The van der Waals surface area contributed by atoms with Gasteiger partial charge in [0.15, 0.2) is 0 Å². The second-order valence-corrected chi connectivity index (χ2v) is 5.57. The van der Waals surface area contributed by atoms with Crippen LogP contribution in [0.2, 0.25) is 0 Å². The molecule has 0 aliphatic heterocycles. The van der Waals surface area contributed by atoms with E-state index in [2.05, 4.69) is 15.3 Å². The summed E-state index contributed by atoms with van der Waals surface area (Å²) in [6, 6.07) is 7.71. The minimum Gasteiger partial charge on any atom is -0.491 e. The van der Waals surface area contributed by atoms with Gasteiger partial charge in [-0.3, -0.25) is 0 Å². The molecule has 118 valence electrons. The largest absolute Gasteiger partial charge is 0.491 e. The third kappa shape index (κ3) is 5.24. The molecular formula is C17H23N3O2. The minimum absolute atomic E-state index is 0.118. The van der Waals surface area contributed by atoms with Gasteiger partial charge in [0.05, 0.1) is 12.2 Å². The third-order valence-corrected chi connectivity index (χ3v) is 2.70. The highest BCUT2D eigenvalue weighted by Gasteiger charge is 2.07. The number of ether oxygens (including phenoxy) is 2. The van der Waals surface area contributed by atoms with E-state index in [9.17, 15) is 0 Å². The van der Waals surface area contributed by atoms with E-state index in [-0.39, 0.29) is 12.2 Å². The van der Waals surface area contributed by atoms with Gasteiger partial charge in [-0.05, 0) is 51.5 Å². The molecule has 1 aromatic carbocycles. The van der Waals surface area contributed by atoms with Gasteiger partial charge in [-0.25, -0.2) is 9.97 Å². The van der Waals surface area contributed by atoms with Crippen LogP contribution >= 0.6 is 0 Å². The molecule has 0 unspecified atom stereocenters. The lowest BCUT2D eigenvalue weighted by Gasteiger charge is -2.16. The molecule has 0 saturated carbocycles. The van der Waals surface area contributed by atoms with E-state index in [1.807, 2.05) is 45.9 Å². The molecule has 0 fully saturated rings. The van der Waals surface area contributed by atoms with E-state index in [0.717, 1.165) is 17.1 Å². The van der Waals surface area contributed by atoms with Crippen LogP contribution in [0, 0.1) is 0 Å². The summed E-state index contributed by atoms with van der Waals surface area (Å²) >= 11 is 0. The van der Waals surface area contributed by atoms with Crippen LogP contribution in [0.1, 0.15) is 33.3 Å². The first kappa shape index (κ1) is 16.1. The summed E-state index contributed by atoms with van der Waals surface area (Å²) in [5.74, 6) is 2.21. The molecule has 5 nitrogen and oxygen atoms in total. The highest BCUT2D eigenvalue weighted by Crippen LogP contribution is 2.25. The van der Waals surface area contributed by atoms with Gasteiger partial charge in [0.2, 0.25) is 5.95 Å². The molecule has 1 heterocycles. The van der Waals surface area contributed by atoms with Crippen molar-refractivity contribution in [2.75, 3.05) is 5.32 Å². The van der Waals surface area contributed by atoms with Crippen molar-refractivity contribution in [1.29, 1.82) is 0 Å². The van der Waals surface area contributed by atoms with Crippen LogP contribution in [0.5, 0.6) is 11.5 Å². The highest BCUT2D eigenvalue weighted by atomic mass is 16.5. The van der Waals surface area contributed by atoms with Gasteiger partial charge in [-0.15, -0.1) is 0 Å². The van der Waals surface area contributed by atoms with Crippen molar-refractivity contribution < 1.29 is 9.47 Å². The molecule has 1 aromatic heterocycles. The summed E-state index contributed by atoms with van der Waals surface area (Å²) in [5.41, 5.74) is 1.06. The summed E-state index contributed by atoms with van der Waals surface area (Å²) < 4.78 is 11.6. The Balaban J connectivity index is 2.13. The molecule has 0 amide bonds. The van der Waals surface area contributed by atoms with E-state index in [1.54, 1.807) is 18.5 Å². The van der Waals surface area contributed by atoms with Crippen molar-refractivity contribution in [3.05, 3.63) is 42.2 Å². The molecule has 2 rings (SSSR count). The third-order valence-electron chi connectivity index (χ3n) is 2.70. The zero-order valence-corrected chi connectivity index (χ0v) is 13.5. The Morgan fingerprint density at radius 3 is 1.95 bits per heavy atom. The standard InChI is InChI=1S/C17H23N3O2/c1-12(2)21-15-8-14(9-16(10-15)22-13(3)4)11-20-17-18-6-5-7-19-17/h5-10,12-13H,11H2,1-4H3,(H,18,19,20). The number of hydrogen-bond donors (Lipinski definition) is 1. The molecule has 22 heavy (non-hydrogen) atoms. The van der Waals surface area contributed by atoms with E-state index in [1.165, 1.54) is 0 Å². The fourth-order valence-corrected chi connectivity index (χ4v) is 1.98. The number of nitrogens with zero attached hydrogens (tertiary/aromatic N) is 2. The average Bonchev–Trinajstić information content (AvgIpc) is 2.44. The first-order valence-electron chi connectivity index (χ1n) is 7.51. The van der Waals surface area contributed by atoms with Crippen LogP contribution < -0.4 is 14.8 Å². The number of aromatic nitrogens is 2. The lowest BCUT2D eigenvalue weighted by molar-refractivity contribution is 0.229. The smallest absolute Gasteiger partial charge is 0.222 e. The Labute approximate surface area is 131 Å². The van der Waals surface area contributed by atoms with Gasteiger partial charge in [0.1, 0.15) is 11.5 Å². The maximum Gasteiger partial charge on any atom is 0.222 e. The fourth-order valence-electron chi connectivity index (χ4n) is 1.98. The first-order valence-corrected chi connectivity index (χ1v) is 7.51. The quantitative estimate of drug-likeness (QED) is 0.845. The number of nitrogens with one attached hydrogen (secondary N) is 1. The zero-order chi connectivity index (χ0) is 15.9. The molecule has 5 heteroatoms. The normalized spacial score (nSPS) is 10.8. The summed E-state index contributed by atoms with van der Waals surface area (Å²) in [6.07, 6.45) is 3.65. The molecule has 0 spiro atoms. The zero-order valence-electron chi connectivity index (χ0n) is 13.5. The lowest BCUT2D eigenvalue weighted by Crippen LogP contribution is -2.10. The van der Waals surface area contributed by atoms with Crippen molar-refractivity contribution in [3.63, 3.8) is 0 Å². The number of rotatable bonds is 7. The summed E-state index contributed by atoms with van der Waals surface area (Å²) in [7, 11) is 0. The lowest BCUT2D eigenvalue weighted by atomic mass is 10.2. The van der Waals surface area contributed by atoms with Gasteiger partial charge in [0, 0.05) is 25.0 Å². The Morgan fingerprint density at radius 1 is 0.909 bits per heavy atom. The average molecular weight is 301 g/mol. The van der Waals surface area contributed by atoms with Gasteiger partial charge < -0.3 is 14.8 Å². The molecular weight excluding hydrogens is 278 g/mol. The maximum absolute atomic E-state index is 5.79. The second kappa shape index (κ2) is 7.64. The van der Waals surface area contributed by atoms with Crippen molar-refractivity contribution >= 4 is 5.95 Å². The van der Waals surface area contributed by atoms with Gasteiger partial charge in [-0.2, -0.15) is 0 Å². The van der Waals surface area contributed by atoms with Crippen LogP contribution in [0.4, 0.5) is 5.95 Å². The first-order chi connectivity index (χ1) is 10.5. The van der Waals surface area contributed by atoms with E-state index >= 15 is 0 Å². The minimum atomic E-state index is 0.118. The topological polar surface area (TPSA) is 56.3 Å². The number of benzene rings is 1. The van der Waals surface area contributed by atoms with Gasteiger partial charge in [-0.1, -0.05) is 0 Å². The summed E-state index contributed by atoms with van der Waals surface area (Å²) in [4.78, 5) is 8.30. The SMILES string of the molecule is CC(C)Oc1cc(CNc2ncccn2)cc(OC(C)C)c1. The maximum atomic E-state index is 5.79. The number of anilines is 1. The molecule has 2 aromatic rings. The van der Waals surface area contributed by atoms with Gasteiger partial charge in [0.25, 0.3) is 0 Å². The van der Waals surface area contributed by atoms with Gasteiger partial charge >= 0.3 is 0 Å². The predicted octanol–water partition coefficient (Wildman–Crippen LogP) is 3.66. The Bertz CT molecular complexity index is 557. The van der Waals surface area contributed by atoms with E-state index in [4.69, 9.17) is 9.47 Å². The molecule has 0 saturated heterocycles. The fraction of sp³-hybridized carbons (Fsp3) is 0.412. The molecule has 0 radical (unpaired) electrons. The molecule has 0 aliphatic carbocycles. The van der Waals surface area contributed by atoms with Crippen molar-refractivity contribution in [2.45, 2.75) is 46.4 Å². The Morgan fingerprint density at radius 2 is 1.45 bits per heavy atom. The van der Waals surface area contributed by atoms with Crippen molar-refractivity contribution in [3.8, 4) is 11.5 Å². The van der Waals surface area contributed by atoms with Crippen LogP contribution in [0.3, 0.4) is 0 Å².